The highest BCUT2D eigenvalue weighted by molar-refractivity contribution is 5.93. The van der Waals surface area contributed by atoms with Gasteiger partial charge in [0.1, 0.15) is 0 Å². The van der Waals surface area contributed by atoms with Gasteiger partial charge in [-0.05, 0) is 18.2 Å². The maximum Gasteiger partial charge on any atom is 0.238 e. The number of nitrogens with one attached hydrogen (secondary N) is 2. The van der Waals surface area contributed by atoms with E-state index in [0.717, 1.165) is 0 Å². The first kappa shape index (κ1) is 14.2. The molecule has 2 N–H and O–H groups in total. The van der Waals surface area contributed by atoms with Gasteiger partial charge in [0.05, 0.1) is 18.8 Å². The van der Waals surface area contributed by atoms with Gasteiger partial charge in [0.15, 0.2) is 5.82 Å². The standard InChI is InChI=1S/C13H17N5O2/c1-20-9-7-14-10-12(19)17-11-4-2-5-15-13(11)18-8-3-6-16-18/h2-6,8,14H,7,9-10H2,1H3,(H,17,19). The summed E-state index contributed by atoms with van der Waals surface area (Å²) in [4.78, 5) is 16.1. The highest BCUT2D eigenvalue weighted by atomic mass is 16.5. The van der Waals surface area contributed by atoms with Crippen LogP contribution in [-0.2, 0) is 9.53 Å². The third-order valence-corrected chi connectivity index (χ3v) is 2.55. The third kappa shape index (κ3) is 3.87. The largest absolute Gasteiger partial charge is 0.383 e. The topological polar surface area (TPSA) is 81.1 Å². The van der Waals surface area contributed by atoms with Gasteiger partial charge in [0.25, 0.3) is 0 Å². The molecule has 0 spiro atoms. The molecule has 0 saturated heterocycles. The maximum atomic E-state index is 11.8. The number of carbonyl (C=O) groups excluding carboxylic acids is 1. The molecule has 106 valence electrons. The number of carbonyl (C=O) groups is 1. The van der Waals surface area contributed by atoms with Gasteiger partial charge in [-0.15, -0.1) is 0 Å². The highest BCUT2D eigenvalue weighted by Crippen LogP contribution is 2.15. The van der Waals surface area contributed by atoms with E-state index >= 15 is 0 Å². The zero-order valence-corrected chi connectivity index (χ0v) is 11.2. The van der Waals surface area contributed by atoms with Crippen molar-refractivity contribution in [2.75, 3.05) is 32.1 Å². The molecule has 0 aliphatic rings. The minimum atomic E-state index is -0.137. The van der Waals surface area contributed by atoms with Crippen molar-refractivity contribution < 1.29 is 9.53 Å². The van der Waals surface area contributed by atoms with Crippen molar-refractivity contribution in [2.45, 2.75) is 0 Å². The van der Waals surface area contributed by atoms with Crippen molar-refractivity contribution in [1.82, 2.24) is 20.1 Å². The smallest absolute Gasteiger partial charge is 0.238 e. The molecule has 0 bridgehead atoms. The fourth-order valence-electron chi connectivity index (χ4n) is 1.64. The molecule has 20 heavy (non-hydrogen) atoms. The number of pyridine rings is 1. The Labute approximate surface area is 117 Å². The lowest BCUT2D eigenvalue weighted by atomic mass is 10.3. The van der Waals surface area contributed by atoms with E-state index in [4.69, 9.17) is 4.74 Å². The Morgan fingerprint density at radius 1 is 1.40 bits per heavy atom. The van der Waals surface area contributed by atoms with Gasteiger partial charge in [-0.25, -0.2) is 9.67 Å². The van der Waals surface area contributed by atoms with Gasteiger partial charge in [-0.1, -0.05) is 0 Å². The zero-order valence-electron chi connectivity index (χ0n) is 11.2. The minimum absolute atomic E-state index is 0.137. The van der Waals surface area contributed by atoms with Crippen LogP contribution in [-0.4, -0.2) is 47.5 Å². The number of hydrogen-bond donors (Lipinski definition) is 2. The number of hydrogen-bond acceptors (Lipinski definition) is 5. The fraction of sp³-hybridized carbons (Fsp3) is 0.308. The summed E-state index contributed by atoms with van der Waals surface area (Å²) in [6, 6.07) is 5.35. The summed E-state index contributed by atoms with van der Waals surface area (Å²) in [5.74, 6) is 0.449. The number of amides is 1. The average molecular weight is 275 g/mol. The summed E-state index contributed by atoms with van der Waals surface area (Å²) in [6.07, 6.45) is 5.09. The average Bonchev–Trinajstić information content (AvgIpc) is 2.98. The van der Waals surface area contributed by atoms with E-state index in [1.54, 1.807) is 48.6 Å². The molecule has 0 aromatic carbocycles. The Kier molecular flexibility index (Phi) is 5.22. The molecule has 2 heterocycles. The van der Waals surface area contributed by atoms with Crippen LogP contribution >= 0.6 is 0 Å². The SMILES string of the molecule is COCCNCC(=O)Nc1cccnc1-n1cccn1. The first-order chi connectivity index (χ1) is 9.81. The monoisotopic (exact) mass is 275 g/mol. The number of methoxy groups -OCH3 is 1. The van der Waals surface area contributed by atoms with Crippen LogP contribution in [0.25, 0.3) is 5.82 Å². The second-order valence-electron chi connectivity index (χ2n) is 4.04. The van der Waals surface area contributed by atoms with Gasteiger partial charge in [0, 0.05) is 32.2 Å². The Morgan fingerprint density at radius 3 is 3.05 bits per heavy atom. The van der Waals surface area contributed by atoms with Gasteiger partial charge in [0.2, 0.25) is 5.91 Å². The summed E-state index contributed by atoms with van der Waals surface area (Å²) >= 11 is 0. The van der Waals surface area contributed by atoms with E-state index in [0.29, 0.717) is 24.7 Å². The predicted octanol–water partition coefficient (Wildman–Crippen LogP) is 0.442. The second-order valence-corrected chi connectivity index (χ2v) is 4.04. The summed E-state index contributed by atoms with van der Waals surface area (Å²) in [7, 11) is 1.62. The van der Waals surface area contributed by atoms with Crippen LogP contribution in [0.5, 0.6) is 0 Å². The first-order valence-corrected chi connectivity index (χ1v) is 6.26. The molecule has 7 heteroatoms. The van der Waals surface area contributed by atoms with Gasteiger partial charge >= 0.3 is 0 Å². The van der Waals surface area contributed by atoms with Crippen LogP contribution in [0.4, 0.5) is 5.69 Å². The molecule has 2 rings (SSSR count). The summed E-state index contributed by atoms with van der Waals surface area (Å²) in [5, 5.41) is 9.90. The summed E-state index contributed by atoms with van der Waals surface area (Å²) in [6.45, 7) is 1.42. The number of aromatic nitrogens is 3. The van der Waals surface area contributed by atoms with Crippen molar-refractivity contribution in [2.24, 2.45) is 0 Å². The lowest BCUT2D eigenvalue weighted by Crippen LogP contribution is -2.30. The zero-order chi connectivity index (χ0) is 14.2. The van der Waals surface area contributed by atoms with E-state index in [1.807, 2.05) is 0 Å². The molecular formula is C13H17N5O2. The summed E-state index contributed by atoms with van der Waals surface area (Å²) in [5.41, 5.74) is 0.620. The van der Waals surface area contributed by atoms with E-state index in [-0.39, 0.29) is 12.5 Å². The molecule has 0 aliphatic carbocycles. The van der Waals surface area contributed by atoms with Crippen LogP contribution < -0.4 is 10.6 Å². The quantitative estimate of drug-likeness (QED) is 0.717. The molecule has 0 atom stereocenters. The van der Waals surface area contributed by atoms with E-state index in [1.165, 1.54) is 0 Å². The first-order valence-electron chi connectivity index (χ1n) is 6.26. The van der Waals surface area contributed by atoms with Crippen LogP contribution in [0, 0.1) is 0 Å². The fourth-order valence-corrected chi connectivity index (χ4v) is 1.64. The Hall–Kier alpha value is -2.25. The molecule has 0 radical (unpaired) electrons. The van der Waals surface area contributed by atoms with Crippen molar-refractivity contribution >= 4 is 11.6 Å². The Morgan fingerprint density at radius 2 is 2.30 bits per heavy atom. The van der Waals surface area contributed by atoms with Crippen LogP contribution in [0.15, 0.2) is 36.8 Å². The second kappa shape index (κ2) is 7.37. The molecular weight excluding hydrogens is 258 g/mol. The van der Waals surface area contributed by atoms with Gasteiger partial charge in [-0.3, -0.25) is 4.79 Å². The van der Waals surface area contributed by atoms with E-state index < -0.39 is 0 Å². The minimum Gasteiger partial charge on any atom is -0.383 e. The summed E-state index contributed by atoms with van der Waals surface area (Å²) < 4.78 is 6.50. The van der Waals surface area contributed by atoms with Crippen molar-refractivity contribution in [1.29, 1.82) is 0 Å². The molecule has 0 saturated carbocycles. The number of rotatable bonds is 7. The van der Waals surface area contributed by atoms with Crippen molar-refractivity contribution in [3.63, 3.8) is 0 Å². The molecule has 2 aromatic heterocycles. The highest BCUT2D eigenvalue weighted by Gasteiger charge is 2.09. The normalized spacial score (nSPS) is 10.4. The third-order valence-electron chi connectivity index (χ3n) is 2.55. The number of anilines is 1. The van der Waals surface area contributed by atoms with Crippen molar-refractivity contribution in [3.8, 4) is 5.82 Å². The molecule has 0 aliphatic heterocycles. The van der Waals surface area contributed by atoms with Gasteiger partial charge in [-0.2, -0.15) is 5.10 Å². The van der Waals surface area contributed by atoms with E-state index in [9.17, 15) is 4.79 Å². The molecule has 7 nitrogen and oxygen atoms in total. The maximum absolute atomic E-state index is 11.8. The predicted molar refractivity (Wildman–Crippen MR) is 74.7 cm³/mol. The van der Waals surface area contributed by atoms with Gasteiger partial charge < -0.3 is 15.4 Å². The lowest BCUT2D eigenvalue weighted by molar-refractivity contribution is -0.115. The molecule has 2 aromatic rings. The van der Waals surface area contributed by atoms with Crippen LogP contribution in [0.2, 0.25) is 0 Å². The van der Waals surface area contributed by atoms with E-state index in [2.05, 4.69) is 20.7 Å². The Bertz CT molecular complexity index is 541. The van der Waals surface area contributed by atoms with Crippen LogP contribution in [0.3, 0.4) is 0 Å². The number of nitrogens with zero attached hydrogens (tertiary/aromatic N) is 3. The molecule has 0 unspecified atom stereocenters. The lowest BCUT2D eigenvalue weighted by Gasteiger charge is -2.10. The molecule has 1 amide bonds. The van der Waals surface area contributed by atoms with Crippen LogP contribution in [0.1, 0.15) is 0 Å². The Balaban J connectivity index is 1.97. The van der Waals surface area contributed by atoms with Crippen molar-refractivity contribution in [3.05, 3.63) is 36.8 Å². The molecule has 0 fully saturated rings. The number of ether oxygens (including phenoxy) is 1.